The highest BCUT2D eigenvalue weighted by molar-refractivity contribution is 8.00. The number of carbonyl (C=O) groups excluding carboxylic acids is 1. The summed E-state index contributed by atoms with van der Waals surface area (Å²) >= 11 is 0. The molecule has 0 aromatic heterocycles. The Morgan fingerprint density at radius 2 is 1.79 bits per heavy atom. The topological polar surface area (TPSA) is 87.6 Å². The molecule has 0 atom stereocenters. The number of amides is 1. The first kappa shape index (κ1) is 20.8. The summed E-state index contributed by atoms with van der Waals surface area (Å²) in [5, 5.41) is 2.80. The van der Waals surface area contributed by atoms with Crippen molar-refractivity contribution in [2.45, 2.75) is 34.2 Å². The summed E-state index contributed by atoms with van der Waals surface area (Å²) < 4.78 is 27.7. The van der Waals surface area contributed by atoms with E-state index in [1.54, 1.807) is 13.0 Å². The van der Waals surface area contributed by atoms with Gasteiger partial charge in [0.05, 0.1) is 0 Å². The van der Waals surface area contributed by atoms with Crippen LogP contribution in [0.15, 0.2) is 53.0 Å². The maximum absolute atomic E-state index is 12.6. The SMILES string of the molecule is CC1=C(c2ccc(C)c(C)c2)S(=O)(=O)NC1=NCC(=O)NCc1cccc(C)c1. The number of hydrogen-bond acceptors (Lipinski definition) is 4. The highest BCUT2D eigenvalue weighted by Gasteiger charge is 2.32. The van der Waals surface area contributed by atoms with Crippen LogP contribution in [0.2, 0.25) is 0 Å². The van der Waals surface area contributed by atoms with Crippen molar-refractivity contribution in [2.75, 3.05) is 6.54 Å². The van der Waals surface area contributed by atoms with Gasteiger partial charge in [-0.25, -0.2) is 8.42 Å². The highest BCUT2D eigenvalue weighted by Crippen LogP contribution is 2.30. The van der Waals surface area contributed by atoms with Gasteiger partial charge in [0.15, 0.2) is 0 Å². The Labute approximate surface area is 171 Å². The molecule has 1 aliphatic rings. The molecule has 2 aromatic rings. The summed E-state index contributed by atoms with van der Waals surface area (Å²) in [6.07, 6.45) is 0. The summed E-state index contributed by atoms with van der Waals surface area (Å²) in [5.41, 5.74) is 5.36. The van der Waals surface area contributed by atoms with E-state index >= 15 is 0 Å². The minimum absolute atomic E-state index is 0.152. The zero-order chi connectivity index (χ0) is 21.2. The zero-order valence-electron chi connectivity index (χ0n) is 17.0. The predicted molar refractivity (Wildman–Crippen MR) is 116 cm³/mol. The molecule has 1 aliphatic heterocycles. The lowest BCUT2D eigenvalue weighted by atomic mass is 10.0. The van der Waals surface area contributed by atoms with Crippen molar-refractivity contribution in [1.29, 1.82) is 0 Å². The van der Waals surface area contributed by atoms with E-state index < -0.39 is 10.0 Å². The van der Waals surface area contributed by atoms with Crippen molar-refractivity contribution in [3.05, 3.63) is 75.9 Å². The number of rotatable bonds is 5. The first-order valence-corrected chi connectivity index (χ1v) is 10.8. The van der Waals surface area contributed by atoms with Gasteiger partial charge in [0, 0.05) is 12.1 Å². The van der Waals surface area contributed by atoms with Crippen LogP contribution in [-0.4, -0.2) is 26.7 Å². The van der Waals surface area contributed by atoms with Crippen molar-refractivity contribution in [3.63, 3.8) is 0 Å². The van der Waals surface area contributed by atoms with Gasteiger partial charge in [-0.1, -0.05) is 48.0 Å². The number of hydrogen-bond donors (Lipinski definition) is 2. The van der Waals surface area contributed by atoms with Crippen LogP contribution in [0.1, 0.15) is 34.7 Å². The minimum atomic E-state index is -3.71. The zero-order valence-corrected chi connectivity index (χ0v) is 17.9. The summed E-state index contributed by atoms with van der Waals surface area (Å²) in [6, 6.07) is 13.4. The molecule has 0 bridgehead atoms. The average molecular weight is 412 g/mol. The number of sulfonamides is 1. The van der Waals surface area contributed by atoms with Crippen LogP contribution in [0.5, 0.6) is 0 Å². The molecular formula is C22H25N3O3S. The third-order valence-electron chi connectivity index (χ3n) is 4.92. The van der Waals surface area contributed by atoms with Crippen molar-refractivity contribution < 1.29 is 13.2 Å². The Hall–Kier alpha value is -2.93. The minimum Gasteiger partial charge on any atom is -0.350 e. The van der Waals surface area contributed by atoms with E-state index in [1.807, 2.05) is 57.2 Å². The highest BCUT2D eigenvalue weighted by atomic mass is 32.2. The van der Waals surface area contributed by atoms with Gasteiger partial charge in [-0.15, -0.1) is 0 Å². The number of nitrogens with zero attached hydrogens (tertiary/aromatic N) is 1. The molecule has 0 aliphatic carbocycles. The average Bonchev–Trinajstić information content (AvgIpc) is 2.89. The van der Waals surface area contributed by atoms with E-state index in [4.69, 9.17) is 0 Å². The Morgan fingerprint density at radius 1 is 1.03 bits per heavy atom. The second-order valence-corrected chi connectivity index (χ2v) is 8.91. The lowest BCUT2D eigenvalue weighted by molar-refractivity contribution is -0.119. The quantitative estimate of drug-likeness (QED) is 0.793. The monoisotopic (exact) mass is 411 g/mol. The first-order valence-electron chi connectivity index (χ1n) is 9.36. The predicted octanol–water partition coefficient (Wildman–Crippen LogP) is 2.99. The second kappa shape index (κ2) is 8.21. The number of amidine groups is 1. The Kier molecular flexibility index (Phi) is 5.88. The van der Waals surface area contributed by atoms with E-state index in [2.05, 4.69) is 15.0 Å². The fourth-order valence-corrected chi connectivity index (χ4v) is 4.71. The molecule has 0 saturated carbocycles. The molecule has 0 unspecified atom stereocenters. The summed E-state index contributed by atoms with van der Waals surface area (Å²) in [5.74, 6) is -0.0606. The van der Waals surface area contributed by atoms with Gasteiger partial charge in [0.2, 0.25) is 5.91 Å². The van der Waals surface area contributed by atoms with Crippen molar-refractivity contribution in [3.8, 4) is 0 Å². The molecular weight excluding hydrogens is 386 g/mol. The molecule has 3 rings (SSSR count). The number of aliphatic imine (C=N–C) groups is 1. The molecule has 152 valence electrons. The van der Waals surface area contributed by atoms with Crippen LogP contribution in [0.25, 0.3) is 4.91 Å². The van der Waals surface area contributed by atoms with Gasteiger partial charge in [-0.3, -0.25) is 14.5 Å². The Balaban J connectivity index is 1.74. The van der Waals surface area contributed by atoms with Crippen molar-refractivity contribution >= 4 is 26.7 Å². The summed E-state index contributed by atoms with van der Waals surface area (Å²) in [4.78, 5) is 16.6. The number of benzene rings is 2. The molecule has 2 aromatic carbocycles. The molecule has 0 fully saturated rings. The molecule has 2 N–H and O–H groups in total. The first-order chi connectivity index (χ1) is 13.7. The fourth-order valence-electron chi connectivity index (χ4n) is 3.20. The van der Waals surface area contributed by atoms with Crippen LogP contribution in [0.3, 0.4) is 0 Å². The van der Waals surface area contributed by atoms with Gasteiger partial charge in [-0.2, -0.15) is 0 Å². The number of carbonyl (C=O) groups is 1. The van der Waals surface area contributed by atoms with Crippen LogP contribution >= 0.6 is 0 Å². The van der Waals surface area contributed by atoms with E-state index in [1.165, 1.54) is 0 Å². The Morgan fingerprint density at radius 3 is 2.48 bits per heavy atom. The van der Waals surface area contributed by atoms with Gasteiger partial charge in [0.1, 0.15) is 17.3 Å². The molecule has 0 saturated heterocycles. The smallest absolute Gasteiger partial charge is 0.264 e. The number of nitrogens with one attached hydrogen (secondary N) is 2. The lowest BCUT2D eigenvalue weighted by Crippen LogP contribution is -2.28. The third-order valence-corrected chi connectivity index (χ3v) is 6.46. The van der Waals surface area contributed by atoms with E-state index in [0.29, 0.717) is 17.7 Å². The van der Waals surface area contributed by atoms with Gasteiger partial charge in [-0.05, 0) is 49.9 Å². The van der Waals surface area contributed by atoms with Crippen LogP contribution in [-0.2, 0) is 21.4 Å². The molecule has 1 heterocycles. The molecule has 6 nitrogen and oxygen atoms in total. The number of aryl methyl sites for hydroxylation is 3. The lowest BCUT2D eigenvalue weighted by Gasteiger charge is -2.06. The maximum atomic E-state index is 12.6. The summed E-state index contributed by atoms with van der Waals surface area (Å²) in [6.45, 7) is 7.86. The second-order valence-electron chi connectivity index (χ2n) is 7.29. The largest absolute Gasteiger partial charge is 0.350 e. The van der Waals surface area contributed by atoms with E-state index in [0.717, 1.165) is 22.3 Å². The van der Waals surface area contributed by atoms with Gasteiger partial charge < -0.3 is 5.32 Å². The molecule has 7 heteroatoms. The molecule has 29 heavy (non-hydrogen) atoms. The standard InChI is InChI=1S/C22H25N3O3S/c1-14-6-5-7-18(10-14)12-23-20(26)13-24-22-17(4)21(29(27,28)25-22)19-9-8-15(2)16(3)11-19/h5-11H,12-13H2,1-4H3,(H,23,26)(H,24,25). The fraction of sp³-hybridized carbons (Fsp3) is 0.273. The Bertz CT molecular complexity index is 1130. The van der Waals surface area contributed by atoms with Crippen LogP contribution in [0.4, 0.5) is 0 Å². The van der Waals surface area contributed by atoms with Crippen molar-refractivity contribution in [1.82, 2.24) is 10.0 Å². The van der Waals surface area contributed by atoms with E-state index in [9.17, 15) is 13.2 Å². The van der Waals surface area contributed by atoms with Crippen LogP contribution in [0, 0.1) is 20.8 Å². The third kappa shape index (κ3) is 4.74. The van der Waals surface area contributed by atoms with Gasteiger partial charge >= 0.3 is 0 Å². The van der Waals surface area contributed by atoms with E-state index in [-0.39, 0.29) is 23.2 Å². The maximum Gasteiger partial charge on any atom is 0.264 e. The molecule has 0 spiro atoms. The normalized spacial score (nSPS) is 16.8. The summed E-state index contributed by atoms with van der Waals surface area (Å²) in [7, 11) is -3.71. The molecule has 0 radical (unpaired) electrons. The van der Waals surface area contributed by atoms with Crippen LogP contribution < -0.4 is 10.0 Å². The molecule has 1 amide bonds. The van der Waals surface area contributed by atoms with Crippen molar-refractivity contribution in [2.24, 2.45) is 4.99 Å². The van der Waals surface area contributed by atoms with Gasteiger partial charge in [0.25, 0.3) is 10.0 Å².